The third-order valence-electron chi connectivity index (χ3n) is 4.42. The summed E-state index contributed by atoms with van der Waals surface area (Å²) in [5, 5.41) is 0.762. The zero-order chi connectivity index (χ0) is 17.0. The molecule has 1 aromatic carbocycles. The van der Waals surface area contributed by atoms with Gasteiger partial charge in [-0.3, -0.25) is 9.69 Å². The maximum absolute atomic E-state index is 12.6. The van der Waals surface area contributed by atoms with Crippen LogP contribution in [0.3, 0.4) is 0 Å². The second kappa shape index (κ2) is 7.65. The van der Waals surface area contributed by atoms with E-state index in [1.807, 2.05) is 37.8 Å². The van der Waals surface area contributed by atoms with E-state index in [4.69, 9.17) is 17.3 Å². The van der Waals surface area contributed by atoms with E-state index < -0.39 is 6.04 Å². The van der Waals surface area contributed by atoms with Crippen molar-refractivity contribution in [2.75, 3.05) is 26.2 Å². The number of nitrogens with zero attached hydrogens (tertiary/aromatic N) is 2. The molecular weight excluding hydrogens is 310 g/mol. The first-order valence-electron chi connectivity index (χ1n) is 8.28. The number of hydrogen-bond donors (Lipinski definition) is 1. The van der Waals surface area contributed by atoms with E-state index in [2.05, 4.69) is 17.0 Å². The lowest BCUT2D eigenvalue weighted by molar-refractivity contribution is -0.134. The van der Waals surface area contributed by atoms with E-state index in [-0.39, 0.29) is 11.3 Å². The van der Waals surface area contributed by atoms with Gasteiger partial charge in [-0.15, -0.1) is 0 Å². The third-order valence-corrected chi connectivity index (χ3v) is 4.67. The average Bonchev–Trinajstić information content (AvgIpc) is 2.73. The van der Waals surface area contributed by atoms with Gasteiger partial charge in [0.25, 0.3) is 0 Å². The molecule has 1 aliphatic heterocycles. The van der Waals surface area contributed by atoms with E-state index >= 15 is 0 Å². The van der Waals surface area contributed by atoms with Gasteiger partial charge in [0.15, 0.2) is 0 Å². The van der Waals surface area contributed by atoms with Crippen LogP contribution in [0, 0.1) is 5.41 Å². The van der Waals surface area contributed by atoms with E-state index in [1.165, 1.54) is 5.56 Å². The van der Waals surface area contributed by atoms with Crippen LogP contribution >= 0.6 is 11.6 Å². The number of amides is 1. The summed E-state index contributed by atoms with van der Waals surface area (Å²) < 4.78 is 0. The molecule has 23 heavy (non-hydrogen) atoms. The molecule has 2 rings (SSSR count). The fraction of sp³-hybridized carbons (Fsp3) is 0.611. The second-order valence-corrected chi connectivity index (χ2v) is 7.86. The van der Waals surface area contributed by atoms with Crippen LogP contribution in [0.1, 0.15) is 32.8 Å². The molecule has 1 aromatic rings. The molecule has 1 aliphatic rings. The van der Waals surface area contributed by atoms with Crippen LogP contribution < -0.4 is 5.73 Å². The number of nitrogens with two attached hydrogens (primary N) is 1. The zero-order valence-electron chi connectivity index (χ0n) is 14.4. The first-order chi connectivity index (χ1) is 10.8. The van der Waals surface area contributed by atoms with Crippen molar-refractivity contribution in [3.63, 3.8) is 0 Å². The van der Waals surface area contributed by atoms with Gasteiger partial charge in [0.05, 0.1) is 6.04 Å². The molecule has 1 saturated heterocycles. The standard InChI is InChI=1S/C18H28ClN3O/c1-18(2,3)16(20)17(23)22-10-4-9-21(11-12-22)13-14-5-7-15(19)8-6-14/h5-8,16H,4,9-13,20H2,1-3H3/t16-/m1/s1. The Kier molecular flexibility index (Phi) is 6.06. The summed E-state index contributed by atoms with van der Waals surface area (Å²) in [6, 6.07) is 7.53. The summed E-state index contributed by atoms with van der Waals surface area (Å²) in [4.78, 5) is 16.9. The summed E-state index contributed by atoms with van der Waals surface area (Å²) in [7, 11) is 0. The summed E-state index contributed by atoms with van der Waals surface area (Å²) >= 11 is 5.93. The van der Waals surface area contributed by atoms with Crippen LogP contribution in [-0.2, 0) is 11.3 Å². The third kappa shape index (κ3) is 5.20. The summed E-state index contributed by atoms with van der Waals surface area (Å²) in [5.41, 5.74) is 7.18. The smallest absolute Gasteiger partial charge is 0.240 e. The lowest BCUT2D eigenvalue weighted by Gasteiger charge is -2.31. The normalized spacial score (nSPS) is 18.6. The van der Waals surface area contributed by atoms with Crippen LogP contribution in [0.25, 0.3) is 0 Å². The van der Waals surface area contributed by atoms with Gasteiger partial charge in [-0.25, -0.2) is 0 Å². The molecule has 1 heterocycles. The fourth-order valence-electron chi connectivity index (χ4n) is 2.76. The number of hydrogen-bond acceptors (Lipinski definition) is 3. The number of carbonyl (C=O) groups excluding carboxylic acids is 1. The zero-order valence-corrected chi connectivity index (χ0v) is 15.1. The molecule has 0 radical (unpaired) electrons. The SMILES string of the molecule is CC(C)(C)[C@H](N)C(=O)N1CCCN(Cc2ccc(Cl)cc2)CC1. The minimum Gasteiger partial charge on any atom is -0.340 e. The Bertz CT molecular complexity index is 524. The summed E-state index contributed by atoms with van der Waals surface area (Å²) in [6.45, 7) is 10.4. The lowest BCUT2D eigenvalue weighted by atomic mass is 9.86. The van der Waals surface area contributed by atoms with Gasteiger partial charge >= 0.3 is 0 Å². The van der Waals surface area contributed by atoms with Crippen molar-refractivity contribution in [1.82, 2.24) is 9.80 Å². The number of halogens is 1. The van der Waals surface area contributed by atoms with E-state index in [0.717, 1.165) is 44.2 Å². The molecule has 0 aromatic heterocycles. The van der Waals surface area contributed by atoms with Crippen molar-refractivity contribution in [3.05, 3.63) is 34.9 Å². The quantitative estimate of drug-likeness (QED) is 0.922. The van der Waals surface area contributed by atoms with Crippen LogP contribution in [0.5, 0.6) is 0 Å². The molecule has 0 aliphatic carbocycles. The minimum absolute atomic E-state index is 0.0749. The molecule has 2 N–H and O–H groups in total. The molecular formula is C18H28ClN3O. The van der Waals surface area contributed by atoms with E-state index in [0.29, 0.717) is 0 Å². The summed E-state index contributed by atoms with van der Waals surface area (Å²) in [6.07, 6.45) is 0.982. The Labute approximate surface area is 144 Å². The van der Waals surface area contributed by atoms with Gasteiger partial charge in [0.2, 0.25) is 5.91 Å². The summed E-state index contributed by atoms with van der Waals surface area (Å²) in [5.74, 6) is 0.0749. The number of rotatable bonds is 3. The van der Waals surface area contributed by atoms with Crippen molar-refractivity contribution in [1.29, 1.82) is 0 Å². The number of carbonyl (C=O) groups is 1. The Hall–Kier alpha value is -1.10. The minimum atomic E-state index is -0.440. The molecule has 1 amide bonds. The van der Waals surface area contributed by atoms with Gasteiger partial charge in [-0.2, -0.15) is 0 Å². The highest BCUT2D eigenvalue weighted by molar-refractivity contribution is 6.30. The average molecular weight is 338 g/mol. The molecule has 0 saturated carbocycles. The lowest BCUT2D eigenvalue weighted by Crippen LogP contribution is -2.51. The molecule has 4 nitrogen and oxygen atoms in total. The molecule has 0 bridgehead atoms. The van der Waals surface area contributed by atoms with Gasteiger partial charge in [-0.05, 0) is 29.5 Å². The first-order valence-corrected chi connectivity index (χ1v) is 8.66. The molecule has 1 atom stereocenters. The van der Waals surface area contributed by atoms with Crippen LogP contribution in [0.4, 0.5) is 0 Å². The fourth-order valence-corrected chi connectivity index (χ4v) is 2.89. The molecule has 128 valence electrons. The van der Waals surface area contributed by atoms with Gasteiger partial charge in [0, 0.05) is 37.7 Å². The van der Waals surface area contributed by atoms with Crippen molar-refractivity contribution in [2.45, 2.75) is 39.8 Å². The predicted molar refractivity (Wildman–Crippen MR) is 95.4 cm³/mol. The Morgan fingerprint density at radius 1 is 1.17 bits per heavy atom. The Morgan fingerprint density at radius 3 is 2.43 bits per heavy atom. The second-order valence-electron chi connectivity index (χ2n) is 7.43. The van der Waals surface area contributed by atoms with Crippen LogP contribution in [0.2, 0.25) is 5.02 Å². The topological polar surface area (TPSA) is 49.6 Å². The van der Waals surface area contributed by atoms with Crippen molar-refractivity contribution >= 4 is 17.5 Å². The maximum Gasteiger partial charge on any atom is 0.240 e. The number of benzene rings is 1. The van der Waals surface area contributed by atoms with Crippen LogP contribution in [-0.4, -0.2) is 47.9 Å². The largest absolute Gasteiger partial charge is 0.340 e. The molecule has 0 unspecified atom stereocenters. The van der Waals surface area contributed by atoms with Gasteiger partial charge < -0.3 is 10.6 Å². The monoisotopic (exact) mass is 337 g/mol. The molecule has 5 heteroatoms. The highest BCUT2D eigenvalue weighted by Crippen LogP contribution is 2.20. The highest BCUT2D eigenvalue weighted by atomic mass is 35.5. The van der Waals surface area contributed by atoms with Crippen molar-refractivity contribution < 1.29 is 4.79 Å². The Balaban J connectivity index is 1.91. The van der Waals surface area contributed by atoms with Crippen LogP contribution in [0.15, 0.2) is 24.3 Å². The Morgan fingerprint density at radius 2 is 1.83 bits per heavy atom. The van der Waals surface area contributed by atoms with Crippen molar-refractivity contribution in [3.8, 4) is 0 Å². The predicted octanol–water partition coefficient (Wildman–Crippen LogP) is 2.75. The molecule has 0 spiro atoms. The highest BCUT2D eigenvalue weighted by Gasteiger charge is 2.31. The maximum atomic E-state index is 12.6. The van der Waals surface area contributed by atoms with E-state index in [1.54, 1.807) is 0 Å². The first kappa shape index (κ1) is 18.2. The van der Waals surface area contributed by atoms with Crippen molar-refractivity contribution in [2.24, 2.45) is 11.1 Å². The van der Waals surface area contributed by atoms with Gasteiger partial charge in [-0.1, -0.05) is 44.5 Å². The van der Waals surface area contributed by atoms with E-state index in [9.17, 15) is 4.79 Å². The molecule has 1 fully saturated rings. The van der Waals surface area contributed by atoms with Gasteiger partial charge in [0.1, 0.15) is 0 Å².